The molecule has 0 spiro atoms. The number of ether oxygens (including phenoxy) is 2. The Balaban J connectivity index is 1.47. The third kappa shape index (κ3) is 4.95. The number of furan rings is 1. The lowest BCUT2D eigenvalue weighted by Crippen LogP contribution is -2.20. The molecular formula is C32H24ClN3O4. The number of nitrogens with zero attached hydrogens (tertiary/aromatic N) is 3. The molecule has 0 saturated carbocycles. The molecule has 0 aliphatic carbocycles. The lowest BCUT2D eigenvalue weighted by Gasteiger charge is -2.14. The second-order valence-electron chi connectivity index (χ2n) is 9.26. The summed E-state index contributed by atoms with van der Waals surface area (Å²) in [5.41, 5.74) is 3.58. The van der Waals surface area contributed by atoms with Crippen molar-refractivity contribution in [3.63, 3.8) is 0 Å². The molecule has 0 unspecified atom stereocenters. The van der Waals surface area contributed by atoms with Crippen molar-refractivity contribution in [3.05, 3.63) is 123 Å². The van der Waals surface area contributed by atoms with Gasteiger partial charge in [-0.25, -0.2) is 4.98 Å². The maximum Gasteiger partial charge on any atom is 0.282 e. The molecule has 0 fully saturated rings. The van der Waals surface area contributed by atoms with Crippen molar-refractivity contribution < 1.29 is 13.9 Å². The lowest BCUT2D eigenvalue weighted by molar-refractivity contribution is 0.284. The summed E-state index contributed by atoms with van der Waals surface area (Å²) in [5.74, 6) is 1.58. The fourth-order valence-electron chi connectivity index (χ4n) is 4.43. The molecule has 0 aliphatic heterocycles. The van der Waals surface area contributed by atoms with Crippen LogP contribution in [-0.4, -0.2) is 23.0 Å². The van der Waals surface area contributed by atoms with Gasteiger partial charge in [0.05, 0.1) is 24.2 Å². The zero-order chi connectivity index (χ0) is 27.6. The third-order valence-corrected chi connectivity index (χ3v) is 6.70. The summed E-state index contributed by atoms with van der Waals surface area (Å²) in [7, 11) is 1.54. The minimum absolute atomic E-state index is 0.271. The minimum Gasteiger partial charge on any atom is -0.493 e. The molecule has 2 aromatic heterocycles. The topological polar surface area (TPSA) is 78.9 Å². The standard InChI is InChI=1S/C32H24ClN3O4/c1-20-11-13-21(14-12-20)19-39-30-23(15-24(33)17-28(30)38-2)18-34-36-31(29-16-22-7-3-6-10-27(22)40-29)35-26-9-5-4-8-25(26)32(36)37/h3-18H,19H2,1-2H3. The van der Waals surface area contributed by atoms with E-state index >= 15 is 0 Å². The molecule has 0 aliphatic rings. The van der Waals surface area contributed by atoms with Gasteiger partial charge < -0.3 is 13.9 Å². The third-order valence-electron chi connectivity index (χ3n) is 6.48. The van der Waals surface area contributed by atoms with Crippen LogP contribution in [0.4, 0.5) is 0 Å². The lowest BCUT2D eigenvalue weighted by atomic mass is 10.1. The molecule has 40 heavy (non-hydrogen) atoms. The molecule has 6 rings (SSSR count). The van der Waals surface area contributed by atoms with Crippen molar-refractivity contribution in [1.29, 1.82) is 0 Å². The van der Waals surface area contributed by atoms with Crippen LogP contribution in [0.15, 0.2) is 105 Å². The summed E-state index contributed by atoms with van der Waals surface area (Å²) >= 11 is 6.41. The van der Waals surface area contributed by atoms with Crippen LogP contribution < -0.4 is 15.0 Å². The highest BCUT2D eigenvalue weighted by Gasteiger charge is 2.17. The van der Waals surface area contributed by atoms with Crippen LogP contribution in [0.25, 0.3) is 33.5 Å². The van der Waals surface area contributed by atoms with Crippen molar-refractivity contribution in [1.82, 2.24) is 9.66 Å². The van der Waals surface area contributed by atoms with Crippen molar-refractivity contribution in [3.8, 4) is 23.1 Å². The van der Waals surface area contributed by atoms with Gasteiger partial charge in [0.25, 0.3) is 5.56 Å². The molecule has 0 N–H and O–H groups in total. The van der Waals surface area contributed by atoms with Gasteiger partial charge in [0.1, 0.15) is 12.2 Å². The van der Waals surface area contributed by atoms with E-state index in [1.165, 1.54) is 10.9 Å². The second kappa shape index (κ2) is 10.7. The molecule has 7 nitrogen and oxygen atoms in total. The van der Waals surface area contributed by atoms with Crippen LogP contribution in [-0.2, 0) is 6.61 Å². The Kier molecular flexibility index (Phi) is 6.80. The van der Waals surface area contributed by atoms with Crippen LogP contribution in [0.2, 0.25) is 5.02 Å². The minimum atomic E-state index is -0.339. The number of benzene rings is 4. The first-order chi connectivity index (χ1) is 19.5. The normalized spacial score (nSPS) is 11.5. The zero-order valence-electron chi connectivity index (χ0n) is 21.8. The van der Waals surface area contributed by atoms with E-state index in [4.69, 9.17) is 30.5 Å². The van der Waals surface area contributed by atoms with E-state index in [1.54, 1.807) is 37.4 Å². The molecule has 0 saturated heterocycles. The van der Waals surface area contributed by atoms with Gasteiger partial charge in [-0.05, 0) is 42.8 Å². The molecule has 8 heteroatoms. The number of halogens is 1. The monoisotopic (exact) mass is 549 g/mol. The van der Waals surface area contributed by atoms with E-state index in [-0.39, 0.29) is 11.4 Å². The quantitative estimate of drug-likeness (QED) is 0.196. The summed E-state index contributed by atoms with van der Waals surface area (Å²) in [6, 6.07) is 28.0. The molecular weight excluding hydrogens is 526 g/mol. The molecule has 2 heterocycles. The van der Waals surface area contributed by atoms with Gasteiger partial charge in [-0.15, -0.1) is 0 Å². The number of rotatable bonds is 7. The maximum atomic E-state index is 13.7. The smallest absolute Gasteiger partial charge is 0.282 e. The highest BCUT2D eigenvalue weighted by atomic mass is 35.5. The Morgan fingerprint density at radius 1 is 1.00 bits per heavy atom. The SMILES string of the molecule is COc1cc(Cl)cc(C=Nn2c(-c3cc4ccccc4o3)nc3ccccc3c2=O)c1OCc1ccc(C)cc1. The van der Waals surface area contributed by atoms with Gasteiger partial charge in [0.15, 0.2) is 17.3 Å². The van der Waals surface area contributed by atoms with Gasteiger partial charge in [-0.3, -0.25) is 4.79 Å². The van der Waals surface area contributed by atoms with Crippen LogP contribution in [0.3, 0.4) is 0 Å². The number of methoxy groups -OCH3 is 1. The summed E-state index contributed by atoms with van der Waals surface area (Å²) < 4.78 is 19.1. The highest BCUT2D eigenvalue weighted by molar-refractivity contribution is 6.31. The summed E-state index contributed by atoms with van der Waals surface area (Å²) in [6.45, 7) is 2.34. The fourth-order valence-corrected chi connectivity index (χ4v) is 4.65. The van der Waals surface area contributed by atoms with Crippen LogP contribution in [0, 0.1) is 6.92 Å². The van der Waals surface area contributed by atoms with Crippen molar-refractivity contribution >= 4 is 39.7 Å². The highest BCUT2D eigenvalue weighted by Crippen LogP contribution is 2.35. The van der Waals surface area contributed by atoms with Crippen molar-refractivity contribution in [2.45, 2.75) is 13.5 Å². The van der Waals surface area contributed by atoms with E-state index < -0.39 is 0 Å². The van der Waals surface area contributed by atoms with Crippen molar-refractivity contribution in [2.24, 2.45) is 5.10 Å². The first-order valence-electron chi connectivity index (χ1n) is 12.6. The van der Waals surface area contributed by atoms with Gasteiger partial charge in [0.2, 0.25) is 5.82 Å². The molecule has 0 amide bonds. The van der Waals surface area contributed by atoms with Gasteiger partial charge in [-0.1, -0.05) is 71.8 Å². The van der Waals surface area contributed by atoms with Gasteiger partial charge >= 0.3 is 0 Å². The van der Waals surface area contributed by atoms with Crippen molar-refractivity contribution in [2.75, 3.05) is 7.11 Å². The largest absolute Gasteiger partial charge is 0.493 e. The first-order valence-corrected chi connectivity index (χ1v) is 13.0. The maximum absolute atomic E-state index is 13.7. The predicted octanol–water partition coefficient (Wildman–Crippen LogP) is 7.24. The fraction of sp³-hybridized carbons (Fsp3) is 0.0938. The van der Waals surface area contributed by atoms with E-state index in [2.05, 4.69) is 5.10 Å². The number of aryl methyl sites for hydroxylation is 1. The molecule has 198 valence electrons. The Bertz CT molecular complexity index is 1910. The molecule has 0 bridgehead atoms. The van der Waals surface area contributed by atoms with E-state index in [1.807, 2.05) is 67.6 Å². The zero-order valence-corrected chi connectivity index (χ0v) is 22.6. The second-order valence-corrected chi connectivity index (χ2v) is 9.70. The number of hydrogen-bond donors (Lipinski definition) is 0. The average molecular weight is 550 g/mol. The molecule has 0 atom stereocenters. The Labute approximate surface area is 234 Å². The summed E-state index contributed by atoms with van der Waals surface area (Å²) in [5, 5.41) is 6.33. The van der Waals surface area contributed by atoms with Crippen LogP contribution in [0.1, 0.15) is 16.7 Å². The Morgan fingerprint density at radius 2 is 1.77 bits per heavy atom. The molecule has 0 radical (unpaired) electrons. The molecule has 6 aromatic rings. The van der Waals surface area contributed by atoms with Crippen LogP contribution in [0.5, 0.6) is 11.5 Å². The molecule has 4 aromatic carbocycles. The predicted molar refractivity (Wildman–Crippen MR) is 158 cm³/mol. The number of fused-ring (bicyclic) bond motifs is 2. The number of hydrogen-bond acceptors (Lipinski definition) is 6. The Morgan fingerprint density at radius 3 is 2.58 bits per heavy atom. The van der Waals surface area contributed by atoms with E-state index in [9.17, 15) is 4.79 Å². The Hall–Kier alpha value is -4.88. The average Bonchev–Trinajstić information content (AvgIpc) is 3.41. The van der Waals surface area contributed by atoms with E-state index in [0.717, 1.165) is 16.5 Å². The summed E-state index contributed by atoms with van der Waals surface area (Å²) in [4.78, 5) is 18.4. The van der Waals surface area contributed by atoms with E-state index in [0.29, 0.717) is 50.9 Å². The van der Waals surface area contributed by atoms with Gasteiger partial charge in [0, 0.05) is 22.0 Å². The first kappa shape index (κ1) is 25.4. The summed E-state index contributed by atoms with van der Waals surface area (Å²) in [6.07, 6.45) is 1.52. The van der Waals surface area contributed by atoms with Gasteiger partial charge in [-0.2, -0.15) is 9.78 Å². The van der Waals surface area contributed by atoms with Crippen LogP contribution >= 0.6 is 11.6 Å². The number of para-hydroxylation sites is 2. The number of aromatic nitrogens is 2.